The van der Waals surface area contributed by atoms with Gasteiger partial charge in [0.15, 0.2) is 0 Å². The van der Waals surface area contributed by atoms with E-state index >= 15 is 0 Å². The van der Waals surface area contributed by atoms with E-state index in [1.54, 1.807) is 0 Å². The molecule has 1 aromatic rings. The molecule has 0 heterocycles. The monoisotopic (exact) mass is 295 g/mol. The molecule has 0 aromatic heterocycles. The molecule has 0 radical (unpaired) electrons. The van der Waals surface area contributed by atoms with E-state index in [4.69, 9.17) is 10.5 Å². The smallest absolute Gasteiger partial charge is 0.0844 e. The minimum Gasteiger partial charge on any atom is -0.411 e. The molecule has 0 aliphatic heterocycles. The van der Waals surface area contributed by atoms with Crippen LogP contribution in [0.4, 0.5) is 0 Å². The fourth-order valence-electron chi connectivity index (χ4n) is 1.38. The first-order valence-corrected chi connectivity index (χ1v) is 6.07. The molecule has 17 heavy (non-hydrogen) atoms. The third-order valence-electron chi connectivity index (χ3n) is 2.29. The van der Waals surface area contributed by atoms with Crippen LogP contribution in [0.2, 0.25) is 0 Å². The number of benzene rings is 1. The maximum absolute atomic E-state index is 8.81. The van der Waals surface area contributed by atoms with Crippen molar-refractivity contribution < 1.29 is 5.21 Å². The highest BCUT2D eigenvalue weighted by Crippen LogP contribution is 2.11. The average Bonchev–Trinajstić information content (AvgIpc) is 2.35. The van der Waals surface area contributed by atoms with Crippen LogP contribution in [0, 0.1) is 11.3 Å². The van der Waals surface area contributed by atoms with E-state index in [-0.39, 0.29) is 6.54 Å². The lowest BCUT2D eigenvalue weighted by atomic mass is 10.1. The third kappa shape index (κ3) is 5.48. The largest absolute Gasteiger partial charge is 0.411 e. The Bertz CT molecular complexity index is 409. The zero-order valence-corrected chi connectivity index (χ0v) is 10.9. The van der Waals surface area contributed by atoms with Crippen molar-refractivity contribution >= 4 is 21.6 Å². The van der Waals surface area contributed by atoms with Gasteiger partial charge in [-0.3, -0.25) is 5.32 Å². The number of hydrogen-bond donors (Lipinski definition) is 2. The van der Waals surface area contributed by atoms with Crippen LogP contribution < -0.4 is 5.32 Å². The molecule has 4 nitrogen and oxygen atoms in total. The maximum atomic E-state index is 8.81. The zero-order valence-electron chi connectivity index (χ0n) is 9.36. The summed E-state index contributed by atoms with van der Waals surface area (Å²) in [5.41, 5.74) is 1.85. The van der Waals surface area contributed by atoms with Crippen LogP contribution in [0.15, 0.2) is 33.9 Å². The van der Waals surface area contributed by atoms with Crippen molar-refractivity contribution in [2.45, 2.75) is 12.8 Å². The molecule has 0 atom stereocenters. The second-order valence-corrected chi connectivity index (χ2v) is 4.47. The van der Waals surface area contributed by atoms with Gasteiger partial charge in [0.1, 0.15) is 0 Å². The molecule has 0 spiro atoms. The molecule has 0 aliphatic rings. The van der Waals surface area contributed by atoms with E-state index in [0.717, 1.165) is 10.9 Å². The van der Waals surface area contributed by atoms with Crippen molar-refractivity contribution in [3.05, 3.63) is 34.3 Å². The van der Waals surface area contributed by atoms with E-state index in [9.17, 15) is 0 Å². The second-order valence-electron chi connectivity index (χ2n) is 3.55. The summed E-state index contributed by atoms with van der Waals surface area (Å²) in [5.74, 6) is 0. The van der Waals surface area contributed by atoms with Crippen LogP contribution in [-0.4, -0.2) is 24.0 Å². The van der Waals surface area contributed by atoms with Crippen molar-refractivity contribution in [3.8, 4) is 6.07 Å². The molecule has 0 saturated carbocycles. The number of aryl methyl sites for hydroxylation is 1. The molecule has 1 rings (SSSR count). The molecule has 0 fully saturated rings. The Morgan fingerprint density at radius 3 is 2.71 bits per heavy atom. The summed E-state index contributed by atoms with van der Waals surface area (Å²) < 4.78 is 1.05. The van der Waals surface area contributed by atoms with Gasteiger partial charge in [0, 0.05) is 11.0 Å². The molecular formula is C12H14BrN3O. The Hall–Kier alpha value is -1.38. The maximum Gasteiger partial charge on any atom is 0.0844 e. The Labute approximate surface area is 109 Å². The number of hydrogen-bond acceptors (Lipinski definition) is 4. The van der Waals surface area contributed by atoms with Crippen molar-refractivity contribution in [2.24, 2.45) is 5.16 Å². The Kier molecular flexibility index (Phi) is 6.30. The Balaban J connectivity index is 2.38. The quantitative estimate of drug-likeness (QED) is 0.278. The van der Waals surface area contributed by atoms with Crippen LogP contribution in [0.1, 0.15) is 12.0 Å². The predicted octanol–water partition coefficient (Wildman–Crippen LogP) is 2.33. The fraction of sp³-hybridized carbons (Fsp3) is 0.333. The standard InChI is InChI=1S/C12H14BrN3O/c13-11-4-1-10(2-5-11)3-6-12(16-17)9-15-8-7-14/h1-2,4-5,15,17H,3,6,8-9H2. The minimum absolute atomic E-state index is 0.261. The fourth-order valence-corrected chi connectivity index (χ4v) is 1.64. The van der Waals surface area contributed by atoms with Gasteiger partial charge in [-0.05, 0) is 30.5 Å². The molecule has 0 saturated heterocycles. The molecule has 1 aromatic carbocycles. The van der Waals surface area contributed by atoms with Gasteiger partial charge in [0.2, 0.25) is 0 Å². The normalized spacial score (nSPS) is 11.2. The molecule has 5 heteroatoms. The number of nitriles is 1. The first-order chi connectivity index (χ1) is 8.26. The molecule has 0 amide bonds. The number of halogens is 1. The summed E-state index contributed by atoms with van der Waals surface area (Å²) in [6.07, 6.45) is 1.50. The summed E-state index contributed by atoms with van der Waals surface area (Å²) in [4.78, 5) is 0. The van der Waals surface area contributed by atoms with E-state index in [2.05, 4.69) is 26.4 Å². The second kappa shape index (κ2) is 7.82. The molecular weight excluding hydrogens is 282 g/mol. The van der Waals surface area contributed by atoms with Crippen LogP contribution >= 0.6 is 15.9 Å². The first kappa shape index (κ1) is 13.7. The molecule has 90 valence electrons. The van der Waals surface area contributed by atoms with E-state index in [0.29, 0.717) is 18.7 Å². The molecule has 0 aliphatic carbocycles. The summed E-state index contributed by atoms with van der Waals surface area (Å²) >= 11 is 3.38. The van der Waals surface area contributed by atoms with Crippen molar-refractivity contribution in [1.29, 1.82) is 5.26 Å². The van der Waals surface area contributed by atoms with Gasteiger partial charge in [0.05, 0.1) is 18.3 Å². The topological polar surface area (TPSA) is 68.4 Å². The lowest BCUT2D eigenvalue weighted by molar-refractivity contribution is 0.316. The van der Waals surface area contributed by atoms with Crippen LogP contribution in [-0.2, 0) is 6.42 Å². The highest BCUT2D eigenvalue weighted by Gasteiger charge is 2.01. The van der Waals surface area contributed by atoms with Gasteiger partial charge >= 0.3 is 0 Å². The zero-order chi connectivity index (χ0) is 12.5. The molecule has 0 bridgehead atoms. The van der Waals surface area contributed by atoms with Crippen molar-refractivity contribution in [3.63, 3.8) is 0 Å². The van der Waals surface area contributed by atoms with Crippen LogP contribution in [0.25, 0.3) is 0 Å². The first-order valence-electron chi connectivity index (χ1n) is 5.28. The number of nitrogens with zero attached hydrogens (tertiary/aromatic N) is 2. The van der Waals surface area contributed by atoms with Gasteiger partial charge in [0.25, 0.3) is 0 Å². The highest BCUT2D eigenvalue weighted by molar-refractivity contribution is 9.10. The SMILES string of the molecule is N#CCNCC(CCc1ccc(Br)cc1)=NO. The summed E-state index contributed by atoms with van der Waals surface area (Å²) in [6.45, 7) is 0.706. The van der Waals surface area contributed by atoms with E-state index in [1.807, 2.05) is 30.3 Å². The van der Waals surface area contributed by atoms with Crippen LogP contribution in [0.3, 0.4) is 0 Å². The third-order valence-corrected chi connectivity index (χ3v) is 2.82. The van der Waals surface area contributed by atoms with Crippen molar-refractivity contribution in [1.82, 2.24) is 5.32 Å². The van der Waals surface area contributed by atoms with Gasteiger partial charge in [-0.25, -0.2) is 0 Å². The average molecular weight is 296 g/mol. The number of rotatable bonds is 6. The van der Waals surface area contributed by atoms with Gasteiger partial charge in [-0.1, -0.05) is 33.2 Å². The number of nitrogens with one attached hydrogen (secondary N) is 1. The summed E-state index contributed by atoms with van der Waals surface area (Å²) in [7, 11) is 0. The Morgan fingerprint density at radius 1 is 1.41 bits per heavy atom. The summed E-state index contributed by atoms with van der Waals surface area (Å²) in [6, 6.07) is 10.0. The van der Waals surface area contributed by atoms with Gasteiger partial charge in [-0.2, -0.15) is 5.26 Å². The van der Waals surface area contributed by atoms with E-state index in [1.165, 1.54) is 5.56 Å². The van der Waals surface area contributed by atoms with Crippen LogP contribution in [0.5, 0.6) is 0 Å². The lowest BCUT2D eigenvalue weighted by Crippen LogP contribution is -2.23. The minimum atomic E-state index is 0.261. The van der Waals surface area contributed by atoms with Gasteiger partial charge in [-0.15, -0.1) is 0 Å². The van der Waals surface area contributed by atoms with Crippen molar-refractivity contribution in [2.75, 3.05) is 13.1 Å². The number of oxime groups is 1. The highest BCUT2D eigenvalue weighted by atomic mass is 79.9. The molecule has 0 unspecified atom stereocenters. The molecule has 2 N–H and O–H groups in total. The Morgan fingerprint density at radius 2 is 2.12 bits per heavy atom. The predicted molar refractivity (Wildman–Crippen MR) is 70.2 cm³/mol. The lowest BCUT2D eigenvalue weighted by Gasteiger charge is -2.04. The van der Waals surface area contributed by atoms with Gasteiger partial charge < -0.3 is 5.21 Å². The van der Waals surface area contributed by atoms with E-state index < -0.39 is 0 Å². The summed E-state index contributed by atoms with van der Waals surface area (Å²) in [5, 5.41) is 23.3.